The van der Waals surface area contributed by atoms with Gasteiger partial charge >= 0.3 is 6.09 Å². The summed E-state index contributed by atoms with van der Waals surface area (Å²) in [5.41, 5.74) is 0.260. The lowest BCUT2D eigenvalue weighted by atomic mass is 9.95. The summed E-state index contributed by atoms with van der Waals surface area (Å²) >= 11 is 0. The third-order valence-electron chi connectivity index (χ3n) is 5.55. The second kappa shape index (κ2) is 8.44. The van der Waals surface area contributed by atoms with Crippen LogP contribution in [0, 0.1) is 0 Å². The first-order valence-electron chi connectivity index (χ1n) is 9.43. The van der Waals surface area contributed by atoms with Crippen molar-refractivity contribution in [2.45, 2.75) is 63.9 Å². The Balaban J connectivity index is 1.91. The van der Waals surface area contributed by atoms with Gasteiger partial charge in [0.15, 0.2) is 8.32 Å². The van der Waals surface area contributed by atoms with E-state index in [1.54, 1.807) is 0 Å². The zero-order chi connectivity index (χ0) is 20.1. The first kappa shape index (κ1) is 21.4. The number of carbonyl (C=O) groups excluding carboxylic acids is 2. The number of amides is 2. The Labute approximate surface area is 163 Å². The fraction of sp³-hybridized carbons (Fsp3) is 0.600. The Morgan fingerprint density at radius 3 is 2.48 bits per heavy atom. The lowest BCUT2D eigenvalue weighted by Gasteiger charge is -2.37. The second-order valence-corrected chi connectivity index (χ2v) is 13.6. The SMILES string of the molecule is CC(C)(C)[Si](C)(C)OCCC1(NC(=O)OCc2ccccc2)CNC(=O)C1. The van der Waals surface area contributed by atoms with Gasteiger partial charge in [-0.25, -0.2) is 4.79 Å². The van der Waals surface area contributed by atoms with E-state index in [2.05, 4.69) is 44.5 Å². The van der Waals surface area contributed by atoms with E-state index in [1.807, 2.05) is 30.3 Å². The topological polar surface area (TPSA) is 76.7 Å². The van der Waals surface area contributed by atoms with Gasteiger partial charge in [-0.2, -0.15) is 0 Å². The van der Waals surface area contributed by atoms with Crippen LogP contribution in [-0.2, 0) is 20.6 Å². The molecule has 2 amide bonds. The maximum atomic E-state index is 12.3. The highest BCUT2D eigenvalue weighted by Gasteiger charge is 2.42. The molecule has 0 saturated carbocycles. The third-order valence-corrected chi connectivity index (χ3v) is 10.1. The minimum atomic E-state index is -1.88. The van der Waals surface area contributed by atoms with Gasteiger partial charge in [-0.1, -0.05) is 51.1 Å². The van der Waals surface area contributed by atoms with Gasteiger partial charge in [-0.15, -0.1) is 0 Å². The molecule has 1 unspecified atom stereocenters. The fourth-order valence-corrected chi connectivity index (χ4v) is 3.77. The van der Waals surface area contributed by atoms with E-state index < -0.39 is 19.9 Å². The first-order valence-corrected chi connectivity index (χ1v) is 12.3. The van der Waals surface area contributed by atoms with Gasteiger partial charge in [0.25, 0.3) is 0 Å². The molecule has 0 bridgehead atoms. The summed E-state index contributed by atoms with van der Waals surface area (Å²) in [6.45, 7) is 12.1. The van der Waals surface area contributed by atoms with Gasteiger partial charge in [0.1, 0.15) is 6.61 Å². The highest BCUT2D eigenvalue weighted by molar-refractivity contribution is 6.74. The molecule has 0 radical (unpaired) electrons. The minimum Gasteiger partial charge on any atom is -0.445 e. The smallest absolute Gasteiger partial charge is 0.407 e. The number of hydrogen-bond acceptors (Lipinski definition) is 4. The predicted molar refractivity (Wildman–Crippen MR) is 108 cm³/mol. The molecule has 1 fully saturated rings. The monoisotopic (exact) mass is 392 g/mol. The Morgan fingerprint density at radius 1 is 1.26 bits per heavy atom. The largest absolute Gasteiger partial charge is 0.445 e. The van der Waals surface area contributed by atoms with Crippen LogP contribution < -0.4 is 10.6 Å². The van der Waals surface area contributed by atoms with E-state index in [9.17, 15) is 9.59 Å². The lowest BCUT2D eigenvalue weighted by molar-refractivity contribution is -0.119. The van der Waals surface area contributed by atoms with Crippen LogP contribution >= 0.6 is 0 Å². The molecule has 6 nitrogen and oxygen atoms in total. The van der Waals surface area contributed by atoms with Gasteiger partial charge in [0.05, 0.1) is 12.0 Å². The normalized spacial score (nSPS) is 20.3. The third kappa shape index (κ3) is 6.07. The van der Waals surface area contributed by atoms with Crippen LogP contribution in [0.2, 0.25) is 18.1 Å². The molecule has 1 aromatic rings. The molecule has 2 rings (SSSR count). The Kier molecular flexibility index (Phi) is 6.70. The maximum absolute atomic E-state index is 12.3. The number of carbonyl (C=O) groups is 2. The molecule has 150 valence electrons. The molecular weight excluding hydrogens is 360 g/mol. The standard InChI is InChI=1S/C20H32N2O4Si/c1-19(2,3)27(4,5)26-12-11-20(13-17(23)21-15-20)22-18(24)25-14-16-9-7-6-8-10-16/h6-10H,11-15H2,1-5H3,(H,21,23)(H,22,24). The number of nitrogens with one attached hydrogen (secondary N) is 2. The summed E-state index contributed by atoms with van der Waals surface area (Å²) in [4.78, 5) is 24.1. The van der Waals surface area contributed by atoms with Gasteiger partial charge in [-0.05, 0) is 30.1 Å². The van der Waals surface area contributed by atoms with Gasteiger partial charge in [0, 0.05) is 13.2 Å². The summed E-state index contributed by atoms with van der Waals surface area (Å²) in [6.07, 6.45) is 0.301. The van der Waals surface area contributed by atoms with E-state index in [0.717, 1.165) is 5.56 Å². The Morgan fingerprint density at radius 2 is 1.93 bits per heavy atom. The Bertz CT molecular complexity index is 658. The molecule has 1 saturated heterocycles. The van der Waals surface area contributed by atoms with Crippen LogP contribution in [0.25, 0.3) is 0 Å². The maximum Gasteiger partial charge on any atom is 0.407 e. The summed E-state index contributed by atoms with van der Waals surface area (Å²) in [5.74, 6) is -0.0642. The van der Waals surface area contributed by atoms with Gasteiger partial charge < -0.3 is 19.8 Å². The first-order chi connectivity index (χ1) is 12.5. The van der Waals surface area contributed by atoms with E-state index in [0.29, 0.717) is 19.6 Å². The molecule has 7 heteroatoms. The van der Waals surface area contributed by atoms with Gasteiger partial charge in [-0.3, -0.25) is 4.79 Å². The van der Waals surface area contributed by atoms with Gasteiger partial charge in [0.2, 0.25) is 5.91 Å². The van der Waals surface area contributed by atoms with Crippen molar-refractivity contribution in [3.05, 3.63) is 35.9 Å². The van der Waals surface area contributed by atoms with Crippen LogP contribution in [-0.4, -0.2) is 39.0 Å². The highest BCUT2D eigenvalue weighted by Crippen LogP contribution is 2.37. The van der Waals surface area contributed by atoms with Crippen molar-refractivity contribution in [2.24, 2.45) is 0 Å². The van der Waals surface area contributed by atoms with Crippen molar-refractivity contribution < 1.29 is 18.8 Å². The zero-order valence-electron chi connectivity index (χ0n) is 17.1. The molecule has 1 heterocycles. The van der Waals surface area contributed by atoms with Crippen molar-refractivity contribution >= 4 is 20.3 Å². The molecule has 0 aliphatic carbocycles. The molecular formula is C20H32N2O4Si. The summed E-state index contributed by atoms with van der Waals surface area (Å²) < 4.78 is 11.6. The van der Waals surface area contributed by atoms with Crippen LogP contribution in [0.3, 0.4) is 0 Å². The second-order valence-electron chi connectivity index (χ2n) is 8.78. The van der Waals surface area contributed by atoms with E-state index in [-0.39, 0.29) is 24.0 Å². The molecule has 0 aromatic heterocycles. The summed E-state index contributed by atoms with van der Waals surface area (Å²) in [7, 11) is -1.88. The number of benzene rings is 1. The molecule has 1 atom stereocenters. The predicted octanol–water partition coefficient (Wildman–Crippen LogP) is 3.58. The van der Waals surface area contributed by atoms with E-state index >= 15 is 0 Å². The van der Waals surface area contributed by atoms with Crippen LogP contribution in [0.4, 0.5) is 4.79 Å². The van der Waals surface area contributed by atoms with Crippen molar-refractivity contribution in [1.29, 1.82) is 0 Å². The van der Waals surface area contributed by atoms with Crippen LogP contribution in [0.1, 0.15) is 39.2 Å². The lowest BCUT2D eigenvalue weighted by Crippen LogP contribution is -2.52. The van der Waals surface area contributed by atoms with Crippen molar-refractivity contribution in [3.8, 4) is 0 Å². The summed E-state index contributed by atoms with van der Waals surface area (Å²) in [6, 6.07) is 9.51. The average Bonchev–Trinajstić information content (AvgIpc) is 2.93. The number of hydrogen-bond donors (Lipinski definition) is 2. The fourth-order valence-electron chi connectivity index (χ4n) is 2.72. The van der Waals surface area contributed by atoms with E-state index in [1.165, 1.54) is 0 Å². The van der Waals surface area contributed by atoms with Crippen LogP contribution in [0.5, 0.6) is 0 Å². The van der Waals surface area contributed by atoms with Crippen molar-refractivity contribution in [3.63, 3.8) is 0 Å². The quantitative estimate of drug-likeness (QED) is 0.695. The van der Waals surface area contributed by atoms with Crippen LogP contribution in [0.15, 0.2) is 30.3 Å². The molecule has 27 heavy (non-hydrogen) atoms. The van der Waals surface area contributed by atoms with Crippen molar-refractivity contribution in [2.75, 3.05) is 13.2 Å². The summed E-state index contributed by atoms with van der Waals surface area (Å²) in [5, 5.41) is 5.84. The molecule has 2 N–H and O–H groups in total. The Hall–Kier alpha value is -1.86. The average molecular weight is 393 g/mol. The molecule has 0 spiro atoms. The molecule has 1 aromatic carbocycles. The minimum absolute atomic E-state index is 0.0642. The zero-order valence-corrected chi connectivity index (χ0v) is 18.1. The molecule has 1 aliphatic heterocycles. The van der Waals surface area contributed by atoms with Crippen molar-refractivity contribution in [1.82, 2.24) is 10.6 Å². The van der Waals surface area contributed by atoms with E-state index in [4.69, 9.17) is 9.16 Å². The molecule has 1 aliphatic rings. The number of alkyl carbamates (subject to hydrolysis) is 1. The number of ether oxygens (including phenoxy) is 1. The highest BCUT2D eigenvalue weighted by atomic mass is 28.4. The number of rotatable bonds is 7.